The zero-order valence-corrected chi connectivity index (χ0v) is 13.8. The molecule has 1 amide bonds. The van der Waals surface area contributed by atoms with Crippen LogP contribution in [0.5, 0.6) is 0 Å². The molecular formula is C8H3Br2NO3S3. The average Bonchev–Trinajstić information content (AvgIpc) is 2.80. The standard InChI is InChI=1S/C8H3Br2NO3S3/c1-11-8(12)4-5(17(11,13)14)2-3(15-4)7(10)16-6(2)9/h1H3. The number of carbonyl (C=O) groups excluding carboxylic acids is 1. The maximum atomic E-state index is 12.1. The molecule has 0 saturated heterocycles. The summed E-state index contributed by atoms with van der Waals surface area (Å²) < 4.78 is 27.4. The minimum absolute atomic E-state index is 0.138. The van der Waals surface area contributed by atoms with E-state index in [1.54, 1.807) is 0 Å². The van der Waals surface area contributed by atoms with Crippen molar-refractivity contribution in [1.82, 2.24) is 4.31 Å². The number of nitrogens with zero attached hydrogens (tertiary/aromatic N) is 1. The third kappa shape index (κ3) is 1.37. The highest BCUT2D eigenvalue weighted by Gasteiger charge is 2.43. The second-order valence-electron chi connectivity index (χ2n) is 3.39. The number of halogens is 2. The Morgan fingerprint density at radius 1 is 1.18 bits per heavy atom. The van der Waals surface area contributed by atoms with Crippen molar-refractivity contribution in [3.8, 4) is 0 Å². The zero-order valence-electron chi connectivity index (χ0n) is 8.15. The Hall–Kier alpha value is 0.0400. The van der Waals surface area contributed by atoms with Crippen LogP contribution in [0.2, 0.25) is 0 Å². The molecule has 0 N–H and O–H groups in total. The van der Waals surface area contributed by atoms with Crippen LogP contribution in [0.3, 0.4) is 0 Å². The van der Waals surface area contributed by atoms with Crippen LogP contribution in [0.25, 0.3) is 10.1 Å². The summed E-state index contributed by atoms with van der Waals surface area (Å²) in [5.41, 5.74) is 0. The fourth-order valence-corrected chi connectivity index (χ4v) is 8.39. The summed E-state index contributed by atoms with van der Waals surface area (Å²) in [7, 11) is -2.39. The van der Waals surface area contributed by atoms with Gasteiger partial charge < -0.3 is 0 Å². The van der Waals surface area contributed by atoms with Gasteiger partial charge in [0, 0.05) is 12.4 Å². The number of rotatable bonds is 0. The largest absolute Gasteiger partial charge is 0.278 e. The van der Waals surface area contributed by atoms with Gasteiger partial charge in [-0.05, 0) is 31.9 Å². The van der Waals surface area contributed by atoms with E-state index in [1.165, 1.54) is 29.7 Å². The van der Waals surface area contributed by atoms with Crippen molar-refractivity contribution in [1.29, 1.82) is 0 Å². The monoisotopic (exact) mass is 415 g/mol. The highest BCUT2D eigenvalue weighted by molar-refractivity contribution is 9.12. The van der Waals surface area contributed by atoms with Crippen molar-refractivity contribution in [2.45, 2.75) is 4.90 Å². The predicted octanol–water partition coefficient (Wildman–Crippen LogP) is 3.26. The Bertz CT molecular complexity index is 774. The molecule has 1 aliphatic heterocycles. The summed E-state index contributed by atoms with van der Waals surface area (Å²) >= 11 is 9.33. The van der Waals surface area contributed by atoms with E-state index in [-0.39, 0.29) is 4.90 Å². The molecular weight excluding hydrogens is 414 g/mol. The van der Waals surface area contributed by atoms with Crippen LogP contribution < -0.4 is 0 Å². The molecule has 0 aromatic carbocycles. The lowest BCUT2D eigenvalue weighted by Crippen LogP contribution is -2.25. The van der Waals surface area contributed by atoms with Crippen LogP contribution in [-0.4, -0.2) is 25.7 Å². The molecule has 9 heteroatoms. The maximum Gasteiger partial charge on any atom is 0.278 e. The van der Waals surface area contributed by atoms with E-state index in [9.17, 15) is 13.2 Å². The van der Waals surface area contributed by atoms with Crippen molar-refractivity contribution in [3.05, 3.63) is 12.4 Å². The van der Waals surface area contributed by atoms with Crippen molar-refractivity contribution >= 4 is 80.6 Å². The SMILES string of the molecule is CN1C(=O)c2sc3c(Br)sc(Br)c3c2S1(=O)=O. The summed E-state index contributed by atoms with van der Waals surface area (Å²) in [5.74, 6) is -0.454. The minimum atomic E-state index is -3.68. The summed E-state index contributed by atoms with van der Waals surface area (Å²) in [6.45, 7) is 0. The van der Waals surface area contributed by atoms with Gasteiger partial charge in [0.25, 0.3) is 15.9 Å². The van der Waals surface area contributed by atoms with Crippen molar-refractivity contribution in [2.24, 2.45) is 0 Å². The number of sulfonamides is 1. The maximum absolute atomic E-state index is 12.1. The van der Waals surface area contributed by atoms with Crippen LogP contribution in [0.4, 0.5) is 0 Å². The molecule has 90 valence electrons. The number of hydrogen-bond acceptors (Lipinski definition) is 5. The van der Waals surface area contributed by atoms with Crippen LogP contribution in [0.1, 0.15) is 9.67 Å². The molecule has 0 fully saturated rings. The van der Waals surface area contributed by atoms with Crippen molar-refractivity contribution < 1.29 is 13.2 Å². The summed E-state index contributed by atoms with van der Waals surface area (Å²) in [5, 5.41) is 0.611. The smallest absolute Gasteiger partial charge is 0.267 e. The van der Waals surface area contributed by atoms with Gasteiger partial charge in [0.1, 0.15) is 9.77 Å². The van der Waals surface area contributed by atoms with Crippen LogP contribution >= 0.6 is 54.5 Å². The van der Waals surface area contributed by atoms with Gasteiger partial charge in [-0.2, -0.15) is 0 Å². The molecule has 0 unspecified atom stereocenters. The quantitative estimate of drug-likeness (QED) is 0.662. The normalized spacial score (nSPS) is 18.1. The Morgan fingerprint density at radius 3 is 2.47 bits per heavy atom. The second kappa shape index (κ2) is 3.53. The van der Waals surface area contributed by atoms with Crippen LogP contribution in [0.15, 0.2) is 12.5 Å². The second-order valence-corrected chi connectivity index (χ2v) is 9.97. The predicted molar refractivity (Wildman–Crippen MR) is 74.4 cm³/mol. The van der Waals surface area contributed by atoms with Gasteiger partial charge in [0.15, 0.2) is 0 Å². The molecule has 3 heterocycles. The summed E-state index contributed by atoms with van der Waals surface area (Å²) in [6, 6.07) is 0. The molecule has 0 spiro atoms. The molecule has 1 aliphatic rings. The van der Waals surface area contributed by atoms with Gasteiger partial charge in [0.2, 0.25) is 0 Å². The highest BCUT2D eigenvalue weighted by atomic mass is 79.9. The van der Waals surface area contributed by atoms with E-state index in [4.69, 9.17) is 0 Å². The van der Waals surface area contributed by atoms with Gasteiger partial charge >= 0.3 is 0 Å². The van der Waals surface area contributed by atoms with Gasteiger partial charge in [-0.15, -0.1) is 22.7 Å². The summed E-state index contributed by atoms with van der Waals surface area (Å²) in [4.78, 5) is 12.3. The lowest BCUT2D eigenvalue weighted by Gasteiger charge is -2.06. The van der Waals surface area contributed by atoms with Crippen LogP contribution in [-0.2, 0) is 10.0 Å². The molecule has 0 bridgehead atoms. The third-order valence-electron chi connectivity index (χ3n) is 2.52. The third-order valence-corrected chi connectivity index (χ3v) is 8.58. The molecule has 4 nitrogen and oxygen atoms in total. The first-order valence-corrected chi connectivity index (χ1v) is 8.95. The van der Waals surface area contributed by atoms with Crippen molar-refractivity contribution in [2.75, 3.05) is 7.05 Å². The number of fused-ring (bicyclic) bond motifs is 3. The molecule has 0 aliphatic carbocycles. The molecule has 0 radical (unpaired) electrons. The van der Waals surface area contributed by atoms with Crippen LogP contribution in [0, 0.1) is 0 Å². The van der Waals surface area contributed by atoms with Gasteiger partial charge in [-0.25, -0.2) is 12.7 Å². The van der Waals surface area contributed by atoms with E-state index < -0.39 is 15.9 Å². The average molecular weight is 417 g/mol. The molecule has 3 rings (SSSR count). The molecule has 0 atom stereocenters. The first-order chi connectivity index (χ1) is 7.85. The summed E-state index contributed by atoms with van der Waals surface area (Å²) in [6.07, 6.45) is 0. The molecule has 17 heavy (non-hydrogen) atoms. The van der Waals surface area contributed by atoms with E-state index in [1.807, 2.05) is 0 Å². The minimum Gasteiger partial charge on any atom is -0.267 e. The fraction of sp³-hybridized carbons (Fsp3) is 0.125. The Labute approximate surface area is 122 Å². The number of thiophene rings is 2. The first kappa shape index (κ1) is 12.1. The van der Waals surface area contributed by atoms with E-state index in [0.29, 0.717) is 10.3 Å². The first-order valence-electron chi connectivity index (χ1n) is 4.29. The topological polar surface area (TPSA) is 54.5 Å². The number of hydrogen-bond donors (Lipinski definition) is 0. The van der Waals surface area contributed by atoms with Crippen molar-refractivity contribution in [3.63, 3.8) is 0 Å². The molecule has 2 aromatic rings. The zero-order chi connectivity index (χ0) is 12.5. The van der Waals surface area contributed by atoms with E-state index >= 15 is 0 Å². The van der Waals surface area contributed by atoms with E-state index in [2.05, 4.69) is 31.9 Å². The highest BCUT2D eigenvalue weighted by Crippen LogP contribution is 2.50. The number of amides is 1. The Morgan fingerprint density at radius 2 is 1.82 bits per heavy atom. The molecule has 0 saturated carbocycles. The lowest BCUT2D eigenvalue weighted by atomic mass is 10.3. The Kier molecular flexibility index (Phi) is 2.51. The number of carbonyl (C=O) groups is 1. The molecule has 2 aromatic heterocycles. The van der Waals surface area contributed by atoms with E-state index in [0.717, 1.165) is 16.6 Å². The lowest BCUT2D eigenvalue weighted by molar-refractivity contribution is 0.0896. The van der Waals surface area contributed by atoms with Gasteiger partial charge in [0.05, 0.1) is 12.3 Å². The fourth-order valence-electron chi connectivity index (χ4n) is 1.69. The van der Waals surface area contributed by atoms with Gasteiger partial charge in [-0.1, -0.05) is 0 Å². The van der Waals surface area contributed by atoms with Gasteiger partial charge in [-0.3, -0.25) is 4.79 Å². The Balaban J connectivity index is 2.56.